The van der Waals surface area contributed by atoms with Gasteiger partial charge in [-0.3, -0.25) is 9.59 Å². The minimum absolute atomic E-state index is 0.109. The molecule has 0 saturated carbocycles. The smallest absolute Gasteiger partial charge is 0.251 e. The number of aryl methyl sites for hydroxylation is 1. The van der Waals surface area contributed by atoms with Gasteiger partial charge < -0.3 is 24.1 Å². The summed E-state index contributed by atoms with van der Waals surface area (Å²) in [7, 11) is 6.39. The lowest BCUT2D eigenvalue weighted by atomic mass is 10.1. The number of carbonyl (C=O) groups excluding carboxylic acids is 1. The first-order chi connectivity index (χ1) is 14.0. The van der Waals surface area contributed by atoms with Crippen LogP contribution in [0.15, 0.2) is 47.3 Å². The van der Waals surface area contributed by atoms with Crippen molar-refractivity contribution in [1.29, 1.82) is 0 Å². The standard InChI is InChI=1S/C22H24N2O5/c1-24(16-6-9-19(28-3)20(13-16)29-4)21(25)10-5-14-11-15-12-17(27-2)7-8-18(15)23-22(14)26/h6-9,11-13H,5,10H2,1-4H3,(H,23,26). The second-order valence-electron chi connectivity index (χ2n) is 6.57. The minimum atomic E-state index is -0.191. The highest BCUT2D eigenvalue weighted by Gasteiger charge is 2.15. The van der Waals surface area contributed by atoms with Gasteiger partial charge in [0.05, 0.1) is 21.3 Å². The van der Waals surface area contributed by atoms with Crippen molar-refractivity contribution in [3.63, 3.8) is 0 Å². The van der Waals surface area contributed by atoms with E-state index in [1.165, 1.54) is 0 Å². The Morgan fingerprint density at radius 1 is 0.966 bits per heavy atom. The third-order valence-electron chi connectivity index (χ3n) is 4.87. The number of benzene rings is 2. The lowest BCUT2D eigenvalue weighted by molar-refractivity contribution is -0.118. The Balaban J connectivity index is 1.76. The molecule has 3 rings (SSSR count). The molecule has 3 aromatic rings. The van der Waals surface area contributed by atoms with Crippen LogP contribution >= 0.6 is 0 Å². The van der Waals surface area contributed by atoms with E-state index in [4.69, 9.17) is 14.2 Å². The number of H-pyrrole nitrogens is 1. The summed E-state index contributed by atoms with van der Waals surface area (Å²) in [4.78, 5) is 29.4. The third-order valence-corrected chi connectivity index (χ3v) is 4.87. The summed E-state index contributed by atoms with van der Waals surface area (Å²) in [5, 5.41) is 0.861. The Morgan fingerprint density at radius 2 is 1.72 bits per heavy atom. The first-order valence-electron chi connectivity index (χ1n) is 9.15. The Bertz CT molecular complexity index is 1090. The fraction of sp³-hybridized carbons (Fsp3) is 0.273. The molecule has 0 aliphatic carbocycles. The molecule has 0 spiro atoms. The number of carbonyl (C=O) groups is 1. The zero-order chi connectivity index (χ0) is 21.0. The third kappa shape index (κ3) is 4.34. The van der Waals surface area contributed by atoms with Crippen molar-refractivity contribution in [2.75, 3.05) is 33.3 Å². The van der Waals surface area contributed by atoms with E-state index in [0.717, 1.165) is 10.9 Å². The Labute approximate surface area is 168 Å². The van der Waals surface area contributed by atoms with E-state index >= 15 is 0 Å². The molecule has 0 fully saturated rings. The molecular formula is C22H24N2O5. The van der Waals surface area contributed by atoms with Crippen molar-refractivity contribution < 1.29 is 19.0 Å². The van der Waals surface area contributed by atoms with Gasteiger partial charge in [0, 0.05) is 41.7 Å². The highest BCUT2D eigenvalue weighted by Crippen LogP contribution is 2.31. The Morgan fingerprint density at radius 3 is 2.41 bits per heavy atom. The first kappa shape index (κ1) is 20.3. The van der Waals surface area contributed by atoms with Gasteiger partial charge in [-0.2, -0.15) is 0 Å². The van der Waals surface area contributed by atoms with Crippen LogP contribution < -0.4 is 24.7 Å². The average molecular weight is 396 g/mol. The maximum Gasteiger partial charge on any atom is 0.251 e. The zero-order valence-corrected chi connectivity index (χ0v) is 16.9. The topological polar surface area (TPSA) is 80.9 Å². The number of amides is 1. The predicted octanol–water partition coefficient (Wildman–Crippen LogP) is 3.15. The van der Waals surface area contributed by atoms with Crippen LogP contribution in [0.5, 0.6) is 17.2 Å². The number of rotatable bonds is 7. The number of hydrogen-bond donors (Lipinski definition) is 1. The number of ether oxygens (including phenoxy) is 3. The number of pyridine rings is 1. The quantitative estimate of drug-likeness (QED) is 0.664. The maximum absolute atomic E-state index is 12.7. The maximum atomic E-state index is 12.7. The number of anilines is 1. The van der Waals surface area contributed by atoms with E-state index in [0.29, 0.717) is 34.9 Å². The van der Waals surface area contributed by atoms with Gasteiger partial charge in [-0.25, -0.2) is 0 Å². The van der Waals surface area contributed by atoms with Gasteiger partial charge in [0.25, 0.3) is 5.56 Å². The van der Waals surface area contributed by atoms with Gasteiger partial charge in [-0.05, 0) is 42.8 Å². The second kappa shape index (κ2) is 8.68. The average Bonchev–Trinajstić information content (AvgIpc) is 2.75. The summed E-state index contributed by atoms with van der Waals surface area (Å²) in [6.45, 7) is 0. The molecule has 1 N–H and O–H groups in total. The van der Waals surface area contributed by atoms with Crippen LogP contribution in [0.4, 0.5) is 5.69 Å². The molecule has 7 heteroatoms. The van der Waals surface area contributed by atoms with Crippen LogP contribution in [-0.4, -0.2) is 39.3 Å². The van der Waals surface area contributed by atoms with Crippen LogP contribution in [0.25, 0.3) is 10.9 Å². The highest BCUT2D eigenvalue weighted by molar-refractivity contribution is 5.93. The molecule has 7 nitrogen and oxygen atoms in total. The van der Waals surface area contributed by atoms with Crippen molar-refractivity contribution in [2.45, 2.75) is 12.8 Å². The van der Waals surface area contributed by atoms with Crippen molar-refractivity contribution in [2.24, 2.45) is 0 Å². The number of aromatic nitrogens is 1. The van der Waals surface area contributed by atoms with E-state index in [1.54, 1.807) is 69.7 Å². The highest BCUT2D eigenvalue weighted by atomic mass is 16.5. The normalized spacial score (nSPS) is 10.6. The van der Waals surface area contributed by atoms with Crippen molar-refractivity contribution >= 4 is 22.5 Å². The summed E-state index contributed by atoms with van der Waals surface area (Å²) < 4.78 is 15.8. The fourth-order valence-corrected chi connectivity index (χ4v) is 3.13. The number of methoxy groups -OCH3 is 3. The van der Waals surface area contributed by atoms with Crippen LogP contribution in [0.1, 0.15) is 12.0 Å². The lowest BCUT2D eigenvalue weighted by Gasteiger charge is -2.19. The van der Waals surface area contributed by atoms with Crippen molar-refractivity contribution in [3.05, 3.63) is 58.4 Å². The second-order valence-corrected chi connectivity index (χ2v) is 6.57. The van der Waals surface area contributed by atoms with E-state index in [2.05, 4.69) is 4.98 Å². The number of nitrogens with one attached hydrogen (secondary N) is 1. The van der Waals surface area contributed by atoms with Crippen molar-refractivity contribution in [3.8, 4) is 17.2 Å². The molecule has 0 saturated heterocycles. The summed E-state index contributed by atoms with van der Waals surface area (Å²) in [6.07, 6.45) is 0.530. The molecule has 1 amide bonds. The van der Waals surface area contributed by atoms with Gasteiger partial charge >= 0.3 is 0 Å². The number of fused-ring (bicyclic) bond motifs is 1. The largest absolute Gasteiger partial charge is 0.497 e. The van der Waals surface area contributed by atoms with Crippen LogP contribution in [0, 0.1) is 0 Å². The van der Waals surface area contributed by atoms with E-state index < -0.39 is 0 Å². The van der Waals surface area contributed by atoms with Crippen LogP contribution in [0.2, 0.25) is 0 Å². The van der Waals surface area contributed by atoms with E-state index in [1.807, 2.05) is 6.07 Å². The molecule has 0 aliphatic rings. The molecule has 1 aromatic heterocycles. The van der Waals surface area contributed by atoms with Gasteiger partial charge in [0.2, 0.25) is 5.91 Å². The van der Waals surface area contributed by atoms with E-state index in [-0.39, 0.29) is 17.9 Å². The van der Waals surface area contributed by atoms with Gasteiger partial charge in [0.15, 0.2) is 11.5 Å². The molecule has 0 unspecified atom stereocenters. The molecule has 29 heavy (non-hydrogen) atoms. The van der Waals surface area contributed by atoms with Crippen molar-refractivity contribution in [1.82, 2.24) is 4.98 Å². The molecule has 0 aliphatic heterocycles. The fourth-order valence-electron chi connectivity index (χ4n) is 3.13. The molecular weight excluding hydrogens is 372 g/mol. The van der Waals surface area contributed by atoms with Gasteiger partial charge in [-0.15, -0.1) is 0 Å². The molecule has 0 atom stereocenters. The summed E-state index contributed by atoms with van der Waals surface area (Å²) in [5.41, 5.74) is 1.78. The molecule has 1 heterocycles. The number of nitrogens with zero attached hydrogens (tertiary/aromatic N) is 1. The molecule has 2 aromatic carbocycles. The Hall–Kier alpha value is -3.48. The first-order valence-corrected chi connectivity index (χ1v) is 9.15. The lowest BCUT2D eigenvalue weighted by Crippen LogP contribution is -2.27. The predicted molar refractivity (Wildman–Crippen MR) is 112 cm³/mol. The SMILES string of the molecule is COc1ccc2[nH]c(=O)c(CCC(=O)N(C)c3ccc(OC)c(OC)c3)cc2c1. The zero-order valence-electron chi connectivity index (χ0n) is 16.9. The summed E-state index contributed by atoms with van der Waals surface area (Å²) in [5.74, 6) is 1.74. The van der Waals surface area contributed by atoms with Gasteiger partial charge in [0.1, 0.15) is 5.75 Å². The molecule has 0 radical (unpaired) electrons. The van der Waals surface area contributed by atoms with Crippen LogP contribution in [0.3, 0.4) is 0 Å². The van der Waals surface area contributed by atoms with Crippen LogP contribution in [-0.2, 0) is 11.2 Å². The Kier molecular flexibility index (Phi) is 6.07. The van der Waals surface area contributed by atoms with Gasteiger partial charge in [-0.1, -0.05) is 0 Å². The minimum Gasteiger partial charge on any atom is -0.497 e. The summed E-state index contributed by atoms with van der Waals surface area (Å²) >= 11 is 0. The monoisotopic (exact) mass is 396 g/mol. The molecule has 152 valence electrons. The molecule has 0 bridgehead atoms. The van der Waals surface area contributed by atoms with E-state index in [9.17, 15) is 9.59 Å². The number of aromatic amines is 1. The summed E-state index contributed by atoms with van der Waals surface area (Å²) in [6, 6.07) is 12.5. The number of hydrogen-bond acceptors (Lipinski definition) is 5.